The fourth-order valence-corrected chi connectivity index (χ4v) is 2.37. The van der Waals surface area contributed by atoms with Crippen LogP contribution < -0.4 is 5.73 Å². The second kappa shape index (κ2) is 6.67. The third-order valence-corrected chi connectivity index (χ3v) is 3.54. The van der Waals surface area contributed by atoms with Gasteiger partial charge in [-0.05, 0) is 31.6 Å². The molecule has 0 radical (unpaired) electrons. The Labute approximate surface area is 117 Å². The van der Waals surface area contributed by atoms with E-state index in [0.717, 1.165) is 26.1 Å². The minimum absolute atomic E-state index is 0.233. The number of amides is 1. The maximum Gasteiger partial charge on any atom is 0.260 e. The Morgan fingerprint density at radius 1 is 1.30 bits per heavy atom. The van der Waals surface area contributed by atoms with E-state index in [-0.39, 0.29) is 11.3 Å². The summed E-state index contributed by atoms with van der Waals surface area (Å²) in [4.78, 5) is 16.1. The minimum atomic E-state index is -0.680. The molecule has 3 N–H and O–H groups in total. The number of aromatic hydroxyl groups is 1. The lowest BCUT2D eigenvalue weighted by atomic mass is 10.1. The number of carbonyl (C=O) groups is 1. The number of carbonyl (C=O) groups excluding carboxylic acids is 1. The number of phenols is 1. The molecule has 1 heterocycles. The summed E-state index contributed by atoms with van der Waals surface area (Å²) in [5.41, 5.74) is 5.24. The van der Waals surface area contributed by atoms with Crippen LogP contribution in [0, 0.1) is 5.82 Å². The lowest BCUT2D eigenvalue weighted by molar-refractivity contribution is 0.0629. The first-order valence-corrected chi connectivity index (χ1v) is 6.82. The zero-order valence-corrected chi connectivity index (χ0v) is 11.4. The van der Waals surface area contributed by atoms with Crippen LogP contribution in [0.15, 0.2) is 18.2 Å². The molecule has 6 heteroatoms. The maximum absolute atomic E-state index is 13.7. The summed E-state index contributed by atoms with van der Waals surface area (Å²) in [6.07, 6.45) is 0.933. The van der Waals surface area contributed by atoms with Crippen LogP contribution in [0.1, 0.15) is 16.8 Å². The van der Waals surface area contributed by atoms with Crippen LogP contribution in [0.2, 0.25) is 0 Å². The van der Waals surface area contributed by atoms with Gasteiger partial charge in [0.15, 0.2) is 0 Å². The van der Waals surface area contributed by atoms with Crippen LogP contribution in [-0.2, 0) is 0 Å². The van der Waals surface area contributed by atoms with Crippen molar-refractivity contribution in [3.63, 3.8) is 0 Å². The zero-order valence-electron chi connectivity index (χ0n) is 11.4. The summed E-state index contributed by atoms with van der Waals surface area (Å²) in [5.74, 6) is -1.43. The highest BCUT2D eigenvalue weighted by Gasteiger charge is 2.25. The van der Waals surface area contributed by atoms with Crippen LogP contribution in [0.25, 0.3) is 0 Å². The van der Waals surface area contributed by atoms with Crippen molar-refractivity contribution in [3.8, 4) is 5.75 Å². The average molecular weight is 281 g/mol. The Balaban J connectivity index is 1.98. The van der Waals surface area contributed by atoms with Crippen molar-refractivity contribution in [1.29, 1.82) is 0 Å². The standard InChI is InChI=1S/C14H20FN3O2/c15-11-3-1-4-12(19)13(11)14(20)18-9-7-17(8-10-18)6-2-5-16/h1,3-4,19H,2,5-10,16H2. The van der Waals surface area contributed by atoms with Gasteiger partial charge in [0.2, 0.25) is 0 Å². The van der Waals surface area contributed by atoms with E-state index in [1.54, 1.807) is 4.90 Å². The Morgan fingerprint density at radius 3 is 2.60 bits per heavy atom. The topological polar surface area (TPSA) is 69.8 Å². The van der Waals surface area contributed by atoms with E-state index in [0.29, 0.717) is 19.6 Å². The van der Waals surface area contributed by atoms with Crippen molar-refractivity contribution in [3.05, 3.63) is 29.6 Å². The first-order chi connectivity index (χ1) is 9.63. The molecule has 2 rings (SSSR count). The smallest absolute Gasteiger partial charge is 0.260 e. The van der Waals surface area contributed by atoms with E-state index < -0.39 is 11.7 Å². The van der Waals surface area contributed by atoms with Crippen molar-refractivity contribution in [2.75, 3.05) is 39.3 Å². The van der Waals surface area contributed by atoms with E-state index in [1.165, 1.54) is 18.2 Å². The fraction of sp³-hybridized carbons (Fsp3) is 0.500. The van der Waals surface area contributed by atoms with E-state index in [9.17, 15) is 14.3 Å². The van der Waals surface area contributed by atoms with E-state index in [1.807, 2.05) is 0 Å². The van der Waals surface area contributed by atoms with Crippen molar-refractivity contribution < 1.29 is 14.3 Å². The molecule has 1 aliphatic heterocycles. The molecule has 0 aliphatic carbocycles. The summed E-state index contributed by atoms with van der Waals surface area (Å²) in [6, 6.07) is 3.89. The quantitative estimate of drug-likeness (QED) is 0.849. The first kappa shape index (κ1) is 14.7. The van der Waals surface area contributed by atoms with Gasteiger partial charge in [-0.1, -0.05) is 6.07 Å². The van der Waals surface area contributed by atoms with Gasteiger partial charge in [-0.15, -0.1) is 0 Å². The predicted octanol–water partition coefficient (Wildman–Crippen LogP) is 0.638. The molecule has 0 unspecified atom stereocenters. The number of halogens is 1. The molecule has 0 saturated carbocycles. The summed E-state index contributed by atoms with van der Waals surface area (Å²) < 4.78 is 13.7. The molecule has 0 atom stereocenters. The molecule has 1 aromatic carbocycles. The number of piperazine rings is 1. The molecule has 1 saturated heterocycles. The zero-order chi connectivity index (χ0) is 14.5. The molecule has 1 amide bonds. The van der Waals surface area contributed by atoms with E-state index in [4.69, 9.17) is 5.73 Å². The van der Waals surface area contributed by atoms with Crippen LogP contribution in [0.3, 0.4) is 0 Å². The van der Waals surface area contributed by atoms with E-state index in [2.05, 4.69) is 4.90 Å². The number of benzene rings is 1. The third-order valence-electron chi connectivity index (χ3n) is 3.54. The monoisotopic (exact) mass is 281 g/mol. The van der Waals surface area contributed by atoms with Crippen LogP contribution >= 0.6 is 0 Å². The molecule has 20 heavy (non-hydrogen) atoms. The number of phenolic OH excluding ortho intramolecular Hbond substituents is 1. The number of nitrogens with zero attached hydrogens (tertiary/aromatic N) is 2. The van der Waals surface area contributed by atoms with Gasteiger partial charge in [0.25, 0.3) is 5.91 Å². The molecule has 1 aromatic rings. The molecule has 0 spiro atoms. The fourth-order valence-electron chi connectivity index (χ4n) is 2.37. The summed E-state index contributed by atoms with van der Waals surface area (Å²) in [5, 5.41) is 9.65. The Hall–Kier alpha value is -1.66. The lowest BCUT2D eigenvalue weighted by Gasteiger charge is -2.34. The molecule has 1 fully saturated rings. The van der Waals surface area contributed by atoms with Crippen LogP contribution in [0.5, 0.6) is 5.75 Å². The molecule has 110 valence electrons. The van der Waals surface area contributed by atoms with Gasteiger partial charge < -0.3 is 15.7 Å². The Bertz CT molecular complexity index is 453. The van der Waals surface area contributed by atoms with Gasteiger partial charge in [-0.3, -0.25) is 9.69 Å². The van der Waals surface area contributed by atoms with Gasteiger partial charge in [0.05, 0.1) is 0 Å². The van der Waals surface area contributed by atoms with Crippen molar-refractivity contribution in [2.24, 2.45) is 5.73 Å². The molecular formula is C14H20FN3O2. The Kier molecular flexibility index (Phi) is 4.92. The maximum atomic E-state index is 13.7. The molecule has 1 aliphatic rings. The van der Waals surface area contributed by atoms with Crippen molar-refractivity contribution in [2.45, 2.75) is 6.42 Å². The summed E-state index contributed by atoms with van der Waals surface area (Å²) in [7, 11) is 0. The second-order valence-electron chi connectivity index (χ2n) is 4.91. The minimum Gasteiger partial charge on any atom is -0.507 e. The highest BCUT2D eigenvalue weighted by atomic mass is 19.1. The van der Waals surface area contributed by atoms with Gasteiger partial charge in [-0.2, -0.15) is 0 Å². The summed E-state index contributed by atoms with van der Waals surface area (Å²) >= 11 is 0. The van der Waals surface area contributed by atoms with Gasteiger partial charge in [0.1, 0.15) is 17.1 Å². The Morgan fingerprint density at radius 2 is 2.00 bits per heavy atom. The van der Waals surface area contributed by atoms with Gasteiger partial charge >= 0.3 is 0 Å². The van der Waals surface area contributed by atoms with Gasteiger partial charge in [0, 0.05) is 26.2 Å². The van der Waals surface area contributed by atoms with Gasteiger partial charge in [-0.25, -0.2) is 4.39 Å². The molecule has 0 aromatic heterocycles. The lowest BCUT2D eigenvalue weighted by Crippen LogP contribution is -2.49. The molecular weight excluding hydrogens is 261 g/mol. The first-order valence-electron chi connectivity index (χ1n) is 6.82. The largest absolute Gasteiger partial charge is 0.507 e. The number of hydrogen-bond acceptors (Lipinski definition) is 4. The summed E-state index contributed by atoms with van der Waals surface area (Å²) in [6.45, 7) is 4.15. The highest BCUT2D eigenvalue weighted by molar-refractivity contribution is 5.97. The highest BCUT2D eigenvalue weighted by Crippen LogP contribution is 2.22. The molecule has 0 bridgehead atoms. The number of hydrogen-bond donors (Lipinski definition) is 2. The predicted molar refractivity (Wildman–Crippen MR) is 74.1 cm³/mol. The average Bonchev–Trinajstić information content (AvgIpc) is 2.45. The number of rotatable bonds is 4. The van der Waals surface area contributed by atoms with Crippen LogP contribution in [0.4, 0.5) is 4.39 Å². The van der Waals surface area contributed by atoms with Crippen LogP contribution in [-0.4, -0.2) is 60.1 Å². The second-order valence-corrected chi connectivity index (χ2v) is 4.91. The SMILES string of the molecule is NCCCN1CCN(C(=O)c2c(O)cccc2F)CC1. The molecule has 5 nitrogen and oxygen atoms in total. The van der Waals surface area contributed by atoms with E-state index >= 15 is 0 Å². The van der Waals surface area contributed by atoms with Crippen molar-refractivity contribution >= 4 is 5.91 Å². The third kappa shape index (κ3) is 3.26. The van der Waals surface area contributed by atoms with Crippen molar-refractivity contribution in [1.82, 2.24) is 9.80 Å². The number of nitrogens with two attached hydrogens (primary N) is 1. The normalized spacial score (nSPS) is 16.4.